The van der Waals surface area contributed by atoms with E-state index in [4.69, 9.17) is 10.00 Å². The van der Waals surface area contributed by atoms with Gasteiger partial charge < -0.3 is 9.64 Å². The Kier molecular flexibility index (Phi) is 5.59. The summed E-state index contributed by atoms with van der Waals surface area (Å²) in [4.78, 5) is 14.5. The summed E-state index contributed by atoms with van der Waals surface area (Å²) < 4.78 is 44.6. The van der Waals surface area contributed by atoms with Gasteiger partial charge in [0.15, 0.2) is 5.78 Å². The topological polar surface area (TPSA) is 53.3 Å². The molecule has 0 amide bonds. The molecule has 4 nitrogen and oxygen atoms in total. The molecule has 0 aliphatic carbocycles. The minimum absolute atomic E-state index is 0.0399. The van der Waals surface area contributed by atoms with Gasteiger partial charge in [-0.2, -0.15) is 18.4 Å². The van der Waals surface area contributed by atoms with Gasteiger partial charge in [-0.15, -0.1) is 0 Å². The molecule has 1 heterocycles. The van der Waals surface area contributed by atoms with Crippen molar-refractivity contribution in [3.63, 3.8) is 0 Å². The number of hydrogen-bond acceptors (Lipinski definition) is 4. The molecule has 146 valence electrons. The number of methoxy groups -OCH3 is 1. The van der Waals surface area contributed by atoms with Gasteiger partial charge in [0.2, 0.25) is 0 Å². The van der Waals surface area contributed by atoms with Crippen LogP contribution in [0.4, 0.5) is 18.9 Å². The molecule has 28 heavy (non-hydrogen) atoms. The standard InChI is InChI=1S/C21H19F3N2O2/c1-28-18-6-3-14(4-7-18)20(27)15-8-10-26(11-9-15)17-5-2-16(13-25)19(12-17)21(22,23)24/h2-7,12,15H,8-11H2,1H3. The number of anilines is 1. The number of ketones is 1. The third-order valence-electron chi connectivity index (χ3n) is 5.03. The van der Waals surface area contributed by atoms with Crippen molar-refractivity contribution >= 4 is 11.5 Å². The van der Waals surface area contributed by atoms with Crippen LogP contribution in [0, 0.1) is 17.2 Å². The highest BCUT2D eigenvalue weighted by molar-refractivity contribution is 5.98. The first kappa shape index (κ1) is 19.7. The van der Waals surface area contributed by atoms with Gasteiger partial charge in [-0.05, 0) is 55.3 Å². The second-order valence-corrected chi connectivity index (χ2v) is 6.69. The fourth-order valence-corrected chi connectivity index (χ4v) is 3.45. The fraction of sp³-hybridized carbons (Fsp3) is 0.333. The van der Waals surface area contributed by atoms with E-state index in [0.29, 0.717) is 42.9 Å². The number of nitriles is 1. The summed E-state index contributed by atoms with van der Waals surface area (Å²) in [7, 11) is 1.56. The second kappa shape index (κ2) is 7.93. The summed E-state index contributed by atoms with van der Waals surface area (Å²) in [5.74, 6) is 0.552. The maximum absolute atomic E-state index is 13.2. The van der Waals surface area contributed by atoms with Crippen molar-refractivity contribution < 1.29 is 22.7 Å². The zero-order valence-electron chi connectivity index (χ0n) is 15.3. The highest BCUT2D eigenvalue weighted by Crippen LogP contribution is 2.35. The van der Waals surface area contributed by atoms with E-state index >= 15 is 0 Å². The molecule has 3 rings (SSSR count). The molecule has 2 aromatic carbocycles. The Morgan fingerprint density at radius 3 is 2.32 bits per heavy atom. The predicted octanol–water partition coefficient (Wildman–Crippen LogP) is 4.68. The molecule has 0 spiro atoms. The summed E-state index contributed by atoms with van der Waals surface area (Å²) >= 11 is 0. The molecular formula is C21H19F3N2O2. The van der Waals surface area contributed by atoms with Gasteiger partial charge in [-0.3, -0.25) is 4.79 Å². The molecular weight excluding hydrogens is 369 g/mol. The van der Waals surface area contributed by atoms with E-state index in [0.717, 1.165) is 6.07 Å². The summed E-state index contributed by atoms with van der Waals surface area (Å²) in [5.41, 5.74) is -0.289. The molecule has 1 fully saturated rings. The largest absolute Gasteiger partial charge is 0.497 e. The SMILES string of the molecule is COc1ccc(C(=O)C2CCN(c3ccc(C#N)c(C(F)(F)F)c3)CC2)cc1. The molecule has 0 radical (unpaired) electrons. The van der Waals surface area contributed by atoms with E-state index < -0.39 is 11.7 Å². The summed E-state index contributed by atoms with van der Waals surface area (Å²) in [6.07, 6.45) is -3.46. The highest BCUT2D eigenvalue weighted by Gasteiger charge is 2.34. The Hall–Kier alpha value is -3.01. The van der Waals surface area contributed by atoms with Crippen LogP contribution in [0.3, 0.4) is 0 Å². The van der Waals surface area contributed by atoms with E-state index in [9.17, 15) is 18.0 Å². The van der Waals surface area contributed by atoms with Crippen molar-refractivity contribution in [1.82, 2.24) is 0 Å². The maximum atomic E-state index is 13.2. The number of Topliss-reactive ketones (excluding diaryl/α,β-unsaturated/α-hetero) is 1. The number of halogens is 3. The number of carbonyl (C=O) groups is 1. The third kappa shape index (κ3) is 4.11. The van der Waals surface area contributed by atoms with Crippen molar-refractivity contribution in [3.8, 4) is 11.8 Å². The average Bonchev–Trinajstić information content (AvgIpc) is 2.72. The minimum atomic E-state index is -4.58. The van der Waals surface area contributed by atoms with Crippen molar-refractivity contribution in [2.75, 3.05) is 25.1 Å². The van der Waals surface area contributed by atoms with Gasteiger partial charge >= 0.3 is 6.18 Å². The van der Waals surface area contributed by atoms with Gasteiger partial charge in [0, 0.05) is 30.3 Å². The number of ether oxygens (including phenoxy) is 1. The number of benzene rings is 2. The molecule has 1 aliphatic rings. The molecule has 0 saturated carbocycles. The van der Waals surface area contributed by atoms with Gasteiger partial charge in [0.25, 0.3) is 0 Å². The van der Waals surface area contributed by atoms with E-state index in [-0.39, 0.29) is 17.3 Å². The molecule has 2 aromatic rings. The lowest BCUT2D eigenvalue weighted by atomic mass is 9.88. The normalized spacial score (nSPS) is 15.2. The first-order valence-electron chi connectivity index (χ1n) is 8.88. The number of rotatable bonds is 4. The van der Waals surface area contributed by atoms with Crippen LogP contribution in [0.1, 0.15) is 34.3 Å². The van der Waals surface area contributed by atoms with Crippen LogP contribution in [0.25, 0.3) is 0 Å². The van der Waals surface area contributed by atoms with Crippen molar-refractivity contribution in [3.05, 3.63) is 59.2 Å². The fourth-order valence-electron chi connectivity index (χ4n) is 3.45. The Morgan fingerprint density at radius 1 is 1.14 bits per heavy atom. The quantitative estimate of drug-likeness (QED) is 0.714. The number of carbonyl (C=O) groups excluding carboxylic acids is 1. The molecule has 0 unspecified atom stereocenters. The maximum Gasteiger partial charge on any atom is 0.417 e. The van der Waals surface area contributed by atoms with E-state index in [1.165, 1.54) is 12.1 Å². The van der Waals surface area contributed by atoms with Crippen LogP contribution in [-0.4, -0.2) is 26.0 Å². The monoisotopic (exact) mass is 388 g/mol. The Balaban J connectivity index is 1.70. The molecule has 0 atom stereocenters. The van der Waals surface area contributed by atoms with Crippen LogP contribution in [0.5, 0.6) is 5.75 Å². The van der Waals surface area contributed by atoms with E-state index in [1.54, 1.807) is 37.4 Å². The van der Waals surface area contributed by atoms with Crippen molar-refractivity contribution in [2.24, 2.45) is 5.92 Å². The van der Waals surface area contributed by atoms with Gasteiger partial charge in [0.1, 0.15) is 5.75 Å². The number of hydrogen-bond donors (Lipinski definition) is 0. The number of alkyl halides is 3. The van der Waals surface area contributed by atoms with E-state index in [2.05, 4.69) is 0 Å². The van der Waals surface area contributed by atoms with Crippen molar-refractivity contribution in [2.45, 2.75) is 19.0 Å². The average molecular weight is 388 g/mol. The predicted molar refractivity (Wildman–Crippen MR) is 98.4 cm³/mol. The first-order chi connectivity index (χ1) is 13.3. The second-order valence-electron chi connectivity index (χ2n) is 6.69. The zero-order chi connectivity index (χ0) is 20.3. The molecule has 0 N–H and O–H groups in total. The van der Waals surface area contributed by atoms with Gasteiger partial charge in [-0.25, -0.2) is 0 Å². The van der Waals surface area contributed by atoms with Crippen LogP contribution in [-0.2, 0) is 6.18 Å². The molecule has 1 aliphatic heterocycles. The Morgan fingerprint density at radius 2 is 1.79 bits per heavy atom. The van der Waals surface area contributed by atoms with Gasteiger partial charge in [0.05, 0.1) is 24.3 Å². The van der Waals surface area contributed by atoms with Crippen LogP contribution < -0.4 is 9.64 Å². The minimum Gasteiger partial charge on any atom is -0.497 e. The Bertz CT molecular complexity index is 893. The van der Waals surface area contributed by atoms with Gasteiger partial charge in [-0.1, -0.05) is 0 Å². The Labute approximate surface area is 161 Å². The van der Waals surface area contributed by atoms with Crippen LogP contribution in [0.15, 0.2) is 42.5 Å². The number of nitrogens with zero attached hydrogens (tertiary/aromatic N) is 2. The third-order valence-corrected chi connectivity index (χ3v) is 5.03. The van der Waals surface area contributed by atoms with Crippen LogP contribution in [0.2, 0.25) is 0 Å². The van der Waals surface area contributed by atoms with Crippen LogP contribution >= 0.6 is 0 Å². The lowest BCUT2D eigenvalue weighted by Gasteiger charge is -2.33. The molecule has 0 aromatic heterocycles. The first-order valence-corrected chi connectivity index (χ1v) is 8.88. The molecule has 7 heteroatoms. The summed E-state index contributed by atoms with van der Waals surface area (Å²) in [6, 6.07) is 12.3. The number of piperidine rings is 1. The lowest BCUT2D eigenvalue weighted by molar-refractivity contribution is -0.137. The molecule has 1 saturated heterocycles. The summed E-state index contributed by atoms with van der Waals surface area (Å²) in [6.45, 7) is 0.964. The molecule has 0 bridgehead atoms. The van der Waals surface area contributed by atoms with E-state index in [1.807, 2.05) is 4.90 Å². The lowest BCUT2D eigenvalue weighted by Crippen LogP contribution is -2.36. The summed E-state index contributed by atoms with van der Waals surface area (Å²) in [5, 5.41) is 8.91. The smallest absolute Gasteiger partial charge is 0.417 e. The van der Waals surface area contributed by atoms with Crippen molar-refractivity contribution in [1.29, 1.82) is 5.26 Å². The highest BCUT2D eigenvalue weighted by atomic mass is 19.4. The zero-order valence-corrected chi connectivity index (χ0v) is 15.3.